The number of nitrogens with one attached hydrogen (secondary N) is 2. The van der Waals surface area contributed by atoms with Gasteiger partial charge in [-0.05, 0) is 31.8 Å². The van der Waals surface area contributed by atoms with Crippen LogP contribution in [0.1, 0.15) is 11.6 Å². The lowest BCUT2D eigenvalue weighted by atomic mass is 10.1. The Morgan fingerprint density at radius 3 is 2.31 bits per heavy atom. The van der Waals surface area contributed by atoms with Gasteiger partial charge in [-0.25, -0.2) is 0 Å². The summed E-state index contributed by atoms with van der Waals surface area (Å²) in [6.45, 7) is 0.917. The molecule has 0 aliphatic rings. The molecule has 0 amide bonds. The van der Waals surface area contributed by atoms with Gasteiger partial charge in [0.2, 0.25) is 0 Å². The number of rotatable bonds is 4. The summed E-state index contributed by atoms with van der Waals surface area (Å²) in [5.74, 6) is 0. The van der Waals surface area contributed by atoms with Crippen LogP contribution in [0.2, 0.25) is 0 Å². The van der Waals surface area contributed by atoms with Crippen LogP contribution in [0.4, 0.5) is 5.69 Å². The maximum Gasteiger partial charge on any atom is 0.0444 e. The maximum atomic E-state index is 5.61. The van der Waals surface area contributed by atoms with Gasteiger partial charge in [0, 0.05) is 18.3 Å². The van der Waals surface area contributed by atoms with E-state index in [-0.39, 0.29) is 0 Å². The molecule has 0 unspecified atom stereocenters. The summed E-state index contributed by atoms with van der Waals surface area (Å²) in [5.41, 5.74) is 7.67. The Balaban J connectivity index is 2.73. The van der Waals surface area contributed by atoms with Crippen LogP contribution in [-0.4, -0.2) is 20.6 Å². The van der Waals surface area contributed by atoms with Gasteiger partial charge in [-0.15, -0.1) is 0 Å². The highest BCUT2D eigenvalue weighted by Crippen LogP contribution is 2.13. The van der Waals surface area contributed by atoms with Gasteiger partial charge >= 0.3 is 0 Å². The zero-order chi connectivity index (χ0) is 9.68. The number of nitrogens with two attached hydrogens (primary N) is 1. The monoisotopic (exact) mass is 179 g/mol. The van der Waals surface area contributed by atoms with Crippen LogP contribution in [0.5, 0.6) is 0 Å². The van der Waals surface area contributed by atoms with E-state index < -0.39 is 0 Å². The maximum absolute atomic E-state index is 5.61. The number of benzene rings is 1. The van der Waals surface area contributed by atoms with Crippen molar-refractivity contribution in [2.24, 2.45) is 0 Å². The molecule has 0 saturated heterocycles. The summed E-state index contributed by atoms with van der Waals surface area (Å²) >= 11 is 0. The Labute approximate surface area is 79.3 Å². The van der Waals surface area contributed by atoms with Crippen LogP contribution in [0, 0.1) is 0 Å². The van der Waals surface area contributed by atoms with E-state index in [4.69, 9.17) is 5.73 Å². The fourth-order valence-corrected chi connectivity index (χ4v) is 1.32. The van der Waals surface area contributed by atoms with Crippen molar-refractivity contribution < 1.29 is 0 Å². The molecule has 1 aromatic rings. The second-order valence-corrected chi connectivity index (χ2v) is 3.07. The van der Waals surface area contributed by atoms with Gasteiger partial charge in [0.15, 0.2) is 0 Å². The van der Waals surface area contributed by atoms with Crippen molar-refractivity contribution >= 4 is 5.69 Å². The van der Waals surface area contributed by atoms with Crippen LogP contribution in [0.25, 0.3) is 0 Å². The molecule has 13 heavy (non-hydrogen) atoms. The number of anilines is 1. The highest BCUT2D eigenvalue weighted by molar-refractivity contribution is 5.40. The third-order valence-corrected chi connectivity index (χ3v) is 2.10. The molecule has 1 atom stereocenters. The molecular formula is C10H17N3. The van der Waals surface area contributed by atoms with E-state index in [2.05, 4.69) is 10.6 Å². The lowest BCUT2D eigenvalue weighted by molar-refractivity contribution is 0.558. The van der Waals surface area contributed by atoms with Crippen molar-refractivity contribution in [2.45, 2.75) is 6.04 Å². The Kier molecular flexibility index (Phi) is 3.73. The van der Waals surface area contributed by atoms with Gasteiger partial charge < -0.3 is 16.4 Å². The Morgan fingerprint density at radius 2 is 1.85 bits per heavy atom. The molecule has 3 heteroatoms. The first-order valence-corrected chi connectivity index (χ1v) is 4.45. The van der Waals surface area contributed by atoms with Gasteiger partial charge in [0.05, 0.1) is 0 Å². The van der Waals surface area contributed by atoms with Crippen LogP contribution in [0.3, 0.4) is 0 Å². The number of hydrogen-bond donors (Lipinski definition) is 3. The molecule has 0 spiro atoms. The van der Waals surface area contributed by atoms with Gasteiger partial charge in [0.1, 0.15) is 0 Å². The Hall–Kier alpha value is -1.06. The molecule has 1 rings (SSSR count). The predicted octanol–water partition coefficient (Wildman–Crippen LogP) is 0.749. The van der Waals surface area contributed by atoms with E-state index in [1.165, 1.54) is 5.56 Å². The number of likely N-dealkylation sites (N-methyl/N-ethyl adjacent to an activating group) is 2. The Bertz CT molecular complexity index is 243. The predicted molar refractivity (Wildman–Crippen MR) is 56.6 cm³/mol. The fraction of sp³-hybridized carbons (Fsp3) is 0.400. The highest BCUT2D eigenvalue weighted by atomic mass is 14.9. The Morgan fingerprint density at radius 1 is 1.23 bits per heavy atom. The fourth-order valence-electron chi connectivity index (χ4n) is 1.32. The van der Waals surface area contributed by atoms with E-state index in [1.807, 2.05) is 38.4 Å². The lowest BCUT2D eigenvalue weighted by Crippen LogP contribution is -2.27. The number of hydrogen-bond acceptors (Lipinski definition) is 3. The van der Waals surface area contributed by atoms with E-state index in [1.54, 1.807) is 0 Å². The molecule has 0 heterocycles. The van der Waals surface area contributed by atoms with Gasteiger partial charge in [-0.3, -0.25) is 0 Å². The van der Waals surface area contributed by atoms with Gasteiger partial charge in [-0.1, -0.05) is 12.1 Å². The zero-order valence-corrected chi connectivity index (χ0v) is 8.17. The van der Waals surface area contributed by atoms with Crippen molar-refractivity contribution in [2.75, 3.05) is 26.4 Å². The second-order valence-electron chi connectivity index (χ2n) is 3.07. The summed E-state index contributed by atoms with van der Waals surface area (Å²) in [6.07, 6.45) is 0. The van der Waals surface area contributed by atoms with Crippen LogP contribution < -0.4 is 16.4 Å². The van der Waals surface area contributed by atoms with Crippen molar-refractivity contribution in [1.29, 1.82) is 0 Å². The summed E-state index contributed by atoms with van der Waals surface area (Å²) in [7, 11) is 3.90. The van der Waals surface area contributed by atoms with Crippen molar-refractivity contribution in [1.82, 2.24) is 10.6 Å². The topological polar surface area (TPSA) is 50.1 Å². The molecular weight excluding hydrogens is 162 g/mol. The third-order valence-electron chi connectivity index (χ3n) is 2.10. The number of nitrogen functional groups attached to an aromatic ring is 1. The van der Waals surface area contributed by atoms with Crippen LogP contribution in [0.15, 0.2) is 24.3 Å². The second kappa shape index (κ2) is 4.84. The van der Waals surface area contributed by atoms with Crippen molar-refractivity contribution in [3.63, 3.8) is 0 Å². The minimum Gasteiger partial charge on any atom is -0.399 e. The third kappa shape index (κ3) is 2.72. The van der Waals surface area contributed by atoms with Crippen LogP contribution >= 0.6 is 0 Å². The van der Waals surface area contributed by atoms with Crippen molar-refractivity contribution in [3.05, 3.63) is 29.8 Å². The van der Waals surface area contributed by atoms with Gasteiger partial charge in [-0.2, -0.15) is 0 Å². The summed E-state index contributed by atoms with van der Waals surface area (Å²) in [5, 5.41) is 6.37. The van der Waals surface area contributed by atoms with Crippen LogP contribution in [-0.2, 0) is 0 Å². The largest absolute Gasteiger partial charge is 0.399 e. The average molecular weight is 179 g/mol. The normalized spacial score (nSPS) is 12.8. The molecule has 0 radical (unpaired) electrons. The van der Waals surface area contributed by atoms with E-state index in [9.17, 15) is 0 Å². The van der Waals surface area contributed by atoms with Crippen molar-refractivity contribution in [3.8, 4) is 0 Å². The molecule has 0 fully saturated rings. The standard InChI is InChI=1S/C10H17N3/c1-12-7-10(13-2)8-3-5-9(11)6-4-8/h3-6,10,12-13H,7,11H2,1-2H3/t10-/m1/s1. The summed E-state index contributed by atoms with van der Waals surface area (Å²) in [4.78, 5) is 0. The molecule has 3 nitrogen and oxygen atoms in total. The average Bonchev–Trinajstić information content (AvgIpc) is 2.16. The summed E-state index contributed by atoms with van der Waals surface area (Å²) in [6, 6.07) is 8.30. The first-order chi connectivity index (χ1) is 6.27. The first-order valence-electron chi connectivity index (χ1n) is 4.45. The van der Waals surface area contributed by atoms with E-state index in [0.29, 0.717) is 6.04 Å². The molecule has 0 aromatic heterocycles. The molecule has 0 aliphatic carbocycles. The zero-order valence-electron chi connectivity index (χ0n) is 8.17. The van der Waals surface area contributed by atoms with Gasteiger partial charge in [0.25, 0.3) is 0 Å². The minimum atomic E-state index is 0.352. The first kappa shape index (κ1) is 10.0. The molecule has 4 N–H and O–H groups in total. The molecule has 1 aromatic carbocycles. The van der Waals surface area contributed by atoms with E-state index >= 15 is 0 Å². The minimum absolute atomic E-state index is 0.352. The SMILES string of the molecule is CNC[C@@H](NC)c1ccc(N)cc1. The summed E-state index contributed by atoms with van der Waals surface area (Å²) < 4.78 is 0. The van der Waals surface area contributed by atoms with E-state index in [0.717, 1.165) is 12.2 Å². The lowest BCUT2D eigenvalue weighted by Gasteiger charge is -2.15. The smallest absolute Gasteiger partial charge is 0.0444 e. The molecule has 0 saturated carbocycles. The molecule has 72 valence electrons. The molecule has 0 bridgehead atoms. The quantitative estimate of drug-likeness (QED) is 0.598. The highest BCUT2D eigenvalue weighted by Gasteiger charge is 2.06. The molecule has 0 aliphatic heterocycles.